The molecule has 2 bridgehead atoms. The first-order valence-electron chi connectivity index (χ1n) is 12.6. The molecule has 4 rings (SSSR count). The van der Waals surface area contributed by atoms with Gasteiger partial charge in [-0.05, 0) is 55.9 Å². The molecule has 1 aromatic carbocycles. The zero-order valence-corrected chi connectivity index (χ0v) is 21.0. The molecule has 3 aliphatic heterocycles. The predicted molar refractivity (Wildman–Crippen MR) is 130 cm³/mol. The van der Waals surface area contributed by atoms with Gasteiger partial charge in [0.15, 0.2) is 0 Å². The molecule has 9 heteroatoms. The number of carbonyl (C=O) groups excluding carboxylic acids is 3. The number of amides is 3. The van der Waals surface area contributed by atoms with Crippen molar-refractivity contribution in [3.8, 4) is 5.75 Å². The number of ether oxygens (including phenoxy) is 2. The Kier molecular flexibility index (Phi) is 7.38. The zero-order valence-electron chi connectivity index (χ0n) is 21.0. The molecule has 0 aromatic heterocycles. The number of aliphatic hydroxyl groups excluding tert-OH is 1. The van der Waals surface area contributed by atoms with E-state index in [1.807, 2.05) is 20.8 Å². The molecular formula is C26H37N3O6. The van der Waals surface area contributed by atoms with E-state index in [1.165, 1.54) is 4.90 Å². The number of hydrogen-bond acceptors (Lipinski definition) is 6. The smallest absolute Gasteiger partial charge is 0.250 e. The molecule has 6 atom stereocenters. The van der Waals surface area contributed by atoms with Crippen LogP contribution in [-0.4, -0.2) is 71.8 Å². The molecule has 0 saturated carbocycles. The quantitative estimate of drug-likeness (QED) is 0.464. The minimum atomic E-state index is -1.09. The van der Waals surface area contributed by atoms with Gasteiger partial charge in [-0.25, -0.2) is 0 Å². The van der Waals surface area contributed by atoms with Crippen LogP contribution in [0.5, 0.6) is 5.75 Å². The Bertz CT molecular complexity index is 951. The largest absolute Gasteiger partial charge is 0.497 e. The maximum atomic E-state index is 14.0. The molecule has 1 aromatic rings. The highest BCUT2D eigenvalue weighted by atomic mass is 16.5. The van der Waals surface area contributed by atoms with Crippen LogP contribution in [0.1, 0.15) is 46.5 Å². The Morgan fingerprint density at radius 3 is 2.57 bits per heavy atom. The van der Waals surface area contributed by atoms with Gasteiger partial charge in [0, 0.05) is 12.2 Å². The number of anilines is 1. The fourth-order valence-electron chi connectivity index (χ4n) is 6.16. The fraction of sp³-hybridized carbons (Fsp3) is 0.654. The number of benzene rings is 1. The topological polar surface area (TPSA) is 117 Å². The first-order valence-corrected chi connectivity index (χ1v) is 12.6. The van der Waals surface area contributed by atoms with Crippen molar-refractivity contribution in [2.75, 3.05) is 25.6 Å². The Hall–Kier alpha value is -2.65. The minimum absolute atomic E-state index is 0.197. The van der Waals surface area contributed by atoms with Crippen molar-refractivity contribution >= 4 is 23.4 Å². The maximum absolute atomic E-state index is 14.0. The third kappa shape index (κ3) is 4.40. The highest BCUT2D eigenvalue weighted by Crippen LogP contribution is 2.59. The molecule has 1 spiro atoms. The SMILES string of the molecule is CCCNC(=O)[C@@H]1[C@@H]2CCC3(O2)C(C(=O)Nc2ccc(OC)cc2)N([C@@H](CO)CC(C)C)C(=O)[C@H]13. The molecule has 3 heterocycles. The van der Waals surface area contributed by atoms with Crippen LogP contribution in [0.2, 0.25) is 0 Å². The normalized spacial score (nSPS) is 29.9. The third-order valence-corrected chi connectivity index (χ3v) is 7.54. The molecule has 0 aliphatic carbocycles. The number of hydrogen-bond donors (Lipinski definition) is 3. The summed E-state index contributed by atoms with van der Waals surface area (Å²) in [5, 5.41) is 16.1. The molecule has 3 N–H and O–H groups in total. The number of nitrogens with one attached hydrogen (secondary N) is 2. The highest BCUT2D eigenvalue weighted by molar-refractivity contribution is 6.03. The van der Waals surface area contributed by atoms with Gasteiger partial charge in [-0.1, -0.05) is 20.8 Å². The molecule has 3 saturated heterocycles. The van der Waals surface area contributed by atoms with Gasteiger partial charge in [0.25, 0.3) is 0 Å². The van der Waals surface area contributed by atoms with Gasteiger partial charge in [-0.2, -0.15) is 0 Å². The summed E-state index contributed by atoms with van der Waals surface area (Å²) in [6, 6.07) is 5.48. The van der Waals surface area contributed by atoms with Crippen molar-refractivity contribution in [2.24, 2.45) is 17.8 Å². The molecule has 192 valence electrons. The van der Waals surface area contributed by atoms with E-state index >= 15 is 0 Å². The average Bonchev–Trinajstić information content (AvgIpc) is 3.48. The second-order valence-electron chi connectivity index (χ2n) is 10.3. The summed E-state index contributed by atoms with van der Waals surface area (Å²) in [6.45, 7) is 6.25. The van der Waals surface area contributed by atoms with Crippen LogP contribution in [-0.2, 0) is 19.1 Å². The van der Waals surface area contributed by atoms with Gasteiger partial charge in [0.05, 0.1) is 37.7 Å². The summed E-state index contributed by atoms with van der Waals surface area (Å²) in [4.78, 5) is 42.4. The van der Waals surface area contributed by atoms with Crippen molar-refractivity contribution in [1.82, 2.24) is 10.2 Å². The van der Waals surface area contributed by atoms with Crippen molar-refractivity contribution in [3.05, 3.63) is 24.3 Å². The lowest BCUT2D eigenvalue weighted by Crippen LogP contribution is -2.56. The van der Waals surface area contributed by atoms with Gasteiger partial charge in [0.1, 0.15) is 17.4 Å². The minimum Gasteiger partial charge on any atom is -0.497 e. The van der Waals surface area contributed by atoms with Gasteiger partial charge >= 0.3 is 0 Å². The Morgan fingerprint density at radius 1 is 1.26 bits per heavy atom. The molecule has 3 fully saturated rings. The van der Waals surface area contributed by atoms with E-state index in [0.717, 1.165) is 6.42 Å². The summed E-state index contributed by atoms with van der Waals surface area (Å²) in [5.41, 5.74) is -0.519. The summed E-state index contributed by atoms with van der Waals surface area (Å²) in [5.74, 6) is -1.37. The van der Waals surface area contributed by atoms with E-state index in [0.29, 0.717) is 37.2 Å². The van der Waals surface area contributed by atoms with Crippen molar-refractivity contribution < 1.29 is 29.0 Å². The molecule has 0 radical (unpaired) electrons. The number of methoxy groups -OCH3 is 1. The lowest BCUT2D eigenvalue weighted by molar-refractivity contribution is -0.144. The van der Waals surface area contributed by atoms with Crippen LogP contribution in [0.3, 0.4) is 0 Å². The highest BCUT2D eigenvalue weighted by Gasteiger charge is 2.75. The standard InChI is InChI=1S/C26H37N3O6/c1-5-12-27-23(31)20-19-10-11-26(35-19)21(20)25(33)29(17(14-30)13-15(2)3)22(26)24(32)28-16-6-8-18(34-4)9-7-16/h6-9,15,17,19-22,30H,5,10-14H2,1-4H3,(H,27,31)(H,28,32)/t17-,19+,20-,21+,22?,26?/m1/s1. The Labute approximate surface area is 206 Å². The molecule has 9 nitrogen and oxygen atoms in total. The Balaban J connectivity index is 1.70. The van der Waals surface area contributed by atoms with Crippen molar-refractivity contribution in [1.29, 1.82) is 0 Å². The van der Waals surface area contributed by atoms with Gasteiger partial charge in [-0.3, -0.25) is 14.4 Å². The van der Waals surface area contributed by atoms with Gasteiger partial charge in [-0.15, -0.1) is 0 Å². The van der Waals surface area contributed by atoms with Crippen LogP contribution < -0.4 is 15.4 Å². The summed E-state index contributed by atoms with van der Waals surface area (Å²) in [7, 11) is 1.57. The van der Waals surface area contributed by atoms with Crippen LogP contribution in [0.4, 0.5) is 5.69 Å². The summed E-state index contributed by atoms with van der Waals surface area (Å²) < 4.78 is 11.6. The molecule has 2 unspecified atom stereocenters. The lowest BCUT2D eigenvalue weighted by atomic mass is 9.70. The summed E-state index contributed by atoms with van der Waals surface area (Å²) >= 11 is 0. The fourth-order valence-corrected chi connectivity index (χ4v) is 6.16. The number of nitrogens with zero attached hydrogens (tertiary/aromatic N) is 1. The van der Waals surface area contributed by atoms with Crippen LogP contribution in [0.25, 0.3) is 0 Å². The number of rotatable bonds is 10. The van der Waals surface area contributed by atoms with Crippen molar-refractivity contribution in [3.63, 3.8) is 0 Å². The number of aliphatic hydroxyl groups is 1. The molecule has 35 heavy (non-hydrogen) atoms. The summed E-state index contributed by atoms with van der Waals surface area (Å²) in [6.07, 6.45) is 2.06. The number of carbonyl (C=O) groups is 3. The number of likely N-dealkylation sites (tertiary alicyclic amines) is 1. The van der Waals surface area contributed by atoms with Gasteiger partial charge in [0.2, 0.25) is 17.7 Å². The Morgan fingerprint density at radius 2 is 1.97 bits per heavy atom. The van der Waals surface area contributed by atoms with Crippen LogP contribution in [0, 0.1) is 17.8 Å². The van der Waals surface area contributed by atoms with Crippen LogP contribution >= 0.6 is 0 Å². The zero-order chi connectivity index (χ0) is 25.3. The van der Waals surface area contributed by atoms with E-state index in [1.54, 1.807) is 31.4 Å². The maximum Gasteiger partial charge on any atom is 0.250 e. The van der Waals surface area contributed by atoms with E-state index in [4.69, 9.17) is 9.47 Å². The second kappa shape index (κ2) is 10.1. The van der Waals surface area contributed by atoms with Crippen LogP contribution in [0.15, 0.2) is 24.3 Å². The average molecular weight is 488 g/mol. The first kappa shape index (κ1) is 25.4. The van der Waals surface area contributed by atoms with E-state index in [-0.39, 0.29) is 30.2 Å². The van der Waals surface area contributed by atoms with Gasteiger partial charge < -0.3 is 30.1 Å². The second-order valence-corrected chi connectivity index (χ2v) is 10.3. The van der Waals surface area contributed by atoms with E-state index in [9.17, 15) is 19.5 Å². The first-order chi connectivity index (χ1) is 16.8. The molecular weight excluding hydrogens is 450 g/mol. The third-order valence-electron chi connectivity index (χ3n) is 7.54. The van der Waals surface area contributed by atoms with E-state index < -0.39 is 35.6 Å². The van der Waals surface area contributed by atoms with Crippen molar-refractivity contribution in [2.45, 2.75) is 70.2 Å². The lowest BCUT2D eigenvalue weighted by Gasteiger charge is -2.37. The predicted octanol–water partition coefficient (Wildman–Crippen LogP) is 1.94. The number of fused-ring (bicyclic) bond motifs is 1. The molecule has 3 aliphatic rings. The van der Waals surface area contributed by atoms with E-state index in [2.05, 4.69) is 10.6 Å². The monoisotopic (exact) mass is 487 g/mol. The molecule has 3 amide bonds.